The fourth-order valence-corrected chi connectivity index (χ4v) is 3.10. The van der Waals surface area contributed by atoms with Crippen molar-refractivity contribution in [1.82, 2.24) is 0 Å². The number of hydrogen-bond donors (Lipinski definition) is 3. The molecule has 1 aromatic carbocycles. The van der Waals surface area contributed by atoms with Crippen molar-refractivity contribution in [3.8, 4) is 17.2 Å². The Hall–Kier alpha value is -1.91. The summed E-state index contributed by atoms with van der Waals surface area (Å²) in [5.41, 5.74) is 0.131. The van der Waals surface area contributed by atoms with Crippen molar-refractivity contribution in [2.75, 3.05) is 6.61 Å². The molecule has 5 nitrogen and oxygen atoms in total. The van der Waals surface area contributed by atoms with Crippen LogP contribution in [-0.4, -0.2) is 27.9 Å². The van der Waals surface area contributed by atoms with Crippen molar-refractivity contribution in [1.29, 1.82) is 0 Å². The summed E-state index contributed by atoms with van der Waals surface area (Å²) in [4.78, 5) is 11.3. The number of aryl methyl sites for hydroxylation is 1. The third kappa shape index (κ3) is 7.54. The highest BCUT2D eigenvalue weighted by Crippen LogP contribution is 2.38. The SMILES string of the molecule is CCCCCCCCCCCCCOc1c(C)cc(O)c(O)c1C(=O)O. The van der Waals surface area contributed by atoms with E-state index in [-0.39, 0.29) is 11.3 Å². The van der Waals surface area contributed by atoms with Crippen molar-refractivity contribution in [3.05, 3.63) is 17.2 Å². The number of unbranched alkanes of at least 4 members (excludes halogenated alkanes) is 10. The molecular formula is C21H34O5. The molecule has 0 spiro atoms. The molecular weight excluding hydrogens is 332 g/mol. The van der Waals surface area contributed by atoms with Crippen LogP contribution < -0.4 is 4.74 Å². The van der Waals surface area contributed by atoms with E-state index in [0.717, 1.165) is 19.3 Å². The van der Waals surface area contributed by atoms with Crippen molar-refractivity contribution >= 4 is 5.97 Å². The largest absolute Gasteiger partial charge is 0.504 e. The lowest BCUT2D eigenvalue weighted by Gasteiger charge is -2.14. The molecule has 1 aromatic rings. The van der Waals surface area contributed by atoms with Crippen LogP contribution in [-0.2, 0) is 0 Å². The van der Waals surface area contributed by atoms with Crippen LogP contribution >= 0.6 is 0 Å². The number of carbonyl (C=O) groups is 1. The minimum Gasteiger partial charge on any atom is -0.504 e. The fourth-order valence-electron chi connectivity index (χ4n) is 3.10. The Bertz CT molecular complexity index is 554. The summed E-state index contributed by atoms with van der Waals surface area (Å²) in [6.45, 7) is 4.29. The molecule has 5 heteroatoms. The van der Waals surface area contributed by atoms with Gasteiger partial charge in [-0.2, -0.15) is 0 Å². The molecule has 1 rings (SSSR count). The lowest BCUT2D eigenvalue weighted by atomic mass is 10.1. The van der Waals surface area contributed by atoms with Gasteiger partial charge in [0.15, 0.2) is 11.5 Å². The number of phenols is 2. The average Bonchev–Trinajstić information content (AvgIpc) is 2.59. The van der Waals surface area contributed by atoms with Crippen LogP contribution in [0, 0.1) is 6.92 Å². The second-order valence-electron chi connectivity index (χ2n) is 6.95. The molecule has 0 bridgehead atoms. The van der Waals surface area contributed by atoms with E-state index in [1.165, 1.54) is 57.4 Å². The van der Waals surface area contributed by atoms with Gasteiger partial charge in [-0.05, 0) is 25.0 Å². The van der Waals surface area contributed by atoms with Crippen LogP contribution in [0.2, 0.25) is 0 Å². The summed E-state index contributed by atoms with van der Waals surface area (Å²) >= 11 is 0. The Morgan fingerprint density at radius 1 is 0.923 bits per heavy atom. The molecule has 26 heavy (non-hydrogen) atoms. The number of hydrogen-bond acceptors (Lipinski definition) is 4. The van der Waals surface area contributed by atoms with Gasteiger partial charge in [-0.25, -0.2) is 4.79 Å². The molecule has 0 aromatic heterocycles. The summed E-state index contributed by atoms with van der Waals surface area (Å²) in [6.07, 6.45) is 13.6. The highest BCUT2D eigenvalue weighted by atomic mass is 16.5. The quantitative estimate of drug-likeness (QED) is 0.286. The molecule has 0 aliphatic heterocycles. The van der Waals surface area contributed by atoms with Gasteiger partial charge < -0.3 is 20.1 Å². The van der Waals surface area contributed by atoms with Gasteiger partial charge in [0.05, 0.1) is 6.61 Å². The third-order valence-corrected chi connectivity index (χ3v) is 4.63. The number of ether oxygens (including phenoxy) is 1. The van der Waals surface area contributed by atoms with Crippen molar-refractivity contribution in [2.24, 2.45) is 0 Å². The topological polar surface area (TPSA) is 87.0 Å². The van der Waals surface area contributed by atoms with Gasteiger partial charge in [0, 0.05) is 0 Å². The Labute approximate surface area is 157 Å². The number of aromatic hydroxyl groups is 2. The fraction of sp³-hybridized carbons (Fsp3) is 0.667. The van der Waals surface area contributed by atoms with Gasteiger partial charge in [-0.3, -0.25) is 0 Å². The molecule has 0 radical (unpaired) electrons. The molecule has 0 saturated carbocycles. The molecule has 0 fully saturated rings. The van der Waals surface area contributed by atoms with Gasteiger partial charge in [-0.1, -0.05) is 71.1 Å². The van der Waals surface area contributed by atoms with Crippen LogP contribution in [0.4, 0.5) is 0 Å². The lowest BCUT2D eigenvalue weighted by Crippen LogP contribution is -2.07. The average molecular weight is 366 g/mol. The van der Waals surface area contributed by atoms with Crippen molar-refractivity contribution < 1.29 is 24.9 Å². The molecule has 0 aliphatic carbocycles. The Morgan fingerprint density at radius 2 is 1.42 bits per heavy atom. The molecule has 148 valence electrons. The van der Waals surface area contributed by atoms with E-state index in [2.05, 4.69) is 6.92 Å². The van der Waals surface area contributed by atoms with Crippen molar-refractivity contribution in [2.45, 2.75) is 84.5 Å². The number of benzene rings is 1. The van der Waals surface area contributed by atoms with Crippen LogP contribution in [0.3, 0.4) is 0 Å². The Balaban J connectivity index is 2.23. The maximum absolute atomic E-state index is 11.3. The maximum atomic E-state index is 11.3. The van der Waals surface area contributed by atoms with Crippen LogP contribution in [0.1, 0.15) is 93.5 Å². The zero-order valence-corrected chi connectivity index (χ0v) is 16.2. The predicted molar refractivity (Wildman–Crippen MR) is 103 cm³/mol. The molecule has 0 aliphatic rings. The first-order chi connectivity index (χ1) is 12.5. The normalized spacial score (nSPS) is 10.8. The number of rotatable bonds is 14. The highest BCUT2D eigenvalue weighted by molar-refractivity contribution is 5.95. The summed E-state index contributed by atoms with van der Waals surface area (Å²) in [5.74, 6) is -2.26. The van der Waals surface area contributed by atoms with Crippen LogP contribution in [0.5, 0.6) is 17.2 Å². The summed E-state index contributed by atoms with van der Waals surface area (Å²) in [6, 6.07) is 1.32. The minimum atomic E-state index is -1.31. The lowest BCUT2D eigenvalue weighted by molar-refractivity contribution is 0.0687. The molecule has 0 saturated heterocycles. The monoisotopic (exact) mass is 366 g/mol. The summed E-state index contributed by atoms with van der Waals surface area (Å²) in [5, 5.41) is 28.5. The summed E-state index contributed by atoms with van der Waals surface area (Å²) < 4.78 is 5.60. The number of carboxylic acids is 1. The third-order valence-electron chi connectivity index (χ3n) is 4.63. The van der Waals surface area contributed by atoms with Gasteiger partial charge in [0.25, 0.3) is 0 Å². The van der Waals surface area contributed by atoms with Gasteiger partial charge in [0.2, 0.25) is 0 Å². The van der Waals surface area contributed by atoms with Crippen LogP contribution in [0.15, 0.2) is 6.07 Å². The van der Waals surface area contributed by atoms with Gasteiger partial charge in [0.1, 0.15) is 11.3 Å². The second-order valence-corrected chi connectivity index (χ2v) is 6.95. The standard InChI is InChI=1S/C21H34O5/c1-3-4-5-6-7-8-9-10-11-12-13-14-26-20-16(2)15-17(22)19(23)18(20)21(24)25/h15,22-23H,3-14H2,1-2H3,(H,24,25). The number of aromatic carboxylic acids is 1. The zero-order chi connectivity index (χ0) is 19.4. The first kappa shape index (κ1) is 22.1. The summed E-state index contributed by atoms with van der Waals surface area (Å²) in [7, 11) is 0. The van der Waals surface area contributed by atoms with E-state index >= 15 is 0 Å². The van der Waals surface area contributed by atoms with Gasteiger partial charge >= 0.3 is 5.97 Å². The smallest absolute Gasteiger partial charge is 0.343 e. The molecule has 0 unspecified atom stereocenters. The molecule has 0 heterocycles. The molecule has 0 atom stereocenters. The first-order valence-electron chi connectivity index (χ1n) is 9.90. The Morgan fingerprint density at radius 3 is 1.92 bits per heavy atom. The van der Waals surface area contributed by atoms with E-state index in [1.807, 2.05) is 0 Å². The maximum Gasteiger partial charge on any atom is 0.343 e. The molecule has 3 N–H and O–H groups in total. The predicted octanol–water partition coefficient (Wildman–Crippen LogP) is 5.79. The highest BCUT2D eigenvalue weighted by Gasteiger charge is 2.22. The van der Waals surface area contributed by atoms with Gasteiger partial charge in [-0.15, -0.1) is 0 Å². The molecule has 0 amide bonds. The van der Waals surface area contributed by atoms with E-state index in [9.17, 15) is 20.1 Å². The number of carboxylic acid groups (broad SMARTS) is 1. The van der Waals surface area contributed by atoms with E-state index in [1.54, 1.807) is 6.92 Å². The van der Waals surface area contributed by atoms with E-state index < -0.39 is 17.5 Å². The first-order valence-corrected chi connectivity index (χ1v) is 9.90. The zero-order valence-electron chi connectivity index (χ0n) is 16.2. The van der Waals surface area contributed by atoms with E-state index in [4.69, 9.17) is 4.74 Å². The minimum absolute atomic E-state index is 0.139. The van der Waals surface area contributed by atoms with Crippen LogP contribution in [0.25, 0.3) is 0 Å². The van der Waals surface area contributed by atoms with E-state index in [0.29, 0.717) is 12.2 Å². The Kier molecular flexibility index (Phi) is 10.6. The number of phenolic OH excluding ortho intramolecular Hbond substituents is 1. The second kappa shape index (κ2) is 12.4. The van der Waals surface area contributed by atoms with Crippen molar-refractivity contribution in [3.63, 3.8) is 0 Å².